The SMILES string of the molecule is Cc1cc(C(N)=S)nc(NCCCCC(F)(F)F)n1. The molecule has 0 aliphatic heterocycles. The molecule has 8 heteroatoms. The molecule has 106 valence electrons. The first-order valence-electron chi connectivity index (χ1n) is 5.74. The van der Waals surface area contributed by atoms with E-state index in [2.05, 4.69) is 15.3 Å². The molecule has 0 fully saturated rings. The van der Waals surface area contributed by atoms with Crippen LogP contribution in [-0.4, -0.2) is 27.7 Å². The van der Waals surface area contributed by atoms with E-state index in [1.165, 1.54) is 0 Å². The molecule has 0 radical (unpaired) electrons. The van der Waals surface area contributed by atoms with E-state index in [0.29, 0.717) is 30.3 Å². The number of rotatable bonds is 6. The van der Waals surface area contributed by atoms with Gasteiger partial charge in [-0.1, -0.05) is 12.2 Å². The molecule has 0 atom stereocenters. The van der Waals surface area contributed by atoms with Crippen LogP contribution in [0.5, 0.6) is 0 Å². The van der Waals surface area contributed by atoms with Crippen LogP contribution >= 0.6 is 12.2 Å². The van der Waals surface area contributed by atoms with Crippen molar-refractivity contribution in [2.75, 3.05) is 11.9 Å². The second kappa shape index (κ2) is 6.65. The molecule has 3 N–H and O–H groups in total. The fourth-order valence-electron chi connectivity index (χ4n) is 1.42. The van der Waals surface area contributed by atoms with E-state index in [9.17, 15) is 13.2 Å². The van der Waals surface area contributed by atoms with E-state index in [1.807, 2.05) is 0 Å². The number of anilines is 1. The van der Waals surface area contributed by atoms with Crippen molar-refractivity contribution >= 4 is 23.2 Å². The molecule has 19 heavy (non-hydrogen) atoms. The third kappa shape index (κ3) is 6.32. The van der Waals surface area contributed by atoms with E-state index in [0.717, 1.165) is 0 Å². The van der Waals surface area contributed by atoms with Gasteiger partial charge >= 0.3 is 6.18 Å². The largest absolute Gasteiger partial charge is 0.389 e. The minimum Gasteiger partial charge on any atom is -0.388 e. The smallest absolute Gasteiger partial charge is 0.388 e. The maximum absolute atomic E-state index is 11.9. The maximum atomic E-state index is 11.9. The zero-order valence-corrected chi connectivity index (χ0v) is 11.2. The highest BCUT2D eigenvalue weighted by Gasteiger charge is 2.25. The Kier molecular flexibility index (Phi) is 5.46. The summed E-state index contributed by atoms with van der Waals surface area (Å²) in [7, 11) is 0. The lowest BCUT2D eigenvalue weighted by molar-refractivity contribution is -0.135. The number of nitrogens with one attached hydrogen (secondary N) is 1. The summed E-state index contributed by atoms with van der Waals surface area (Å²) < 4.78 is 35.8. The number of unbranched alkanes of at least 4 members (excludes halogenated alkanes) is 1. The highest BCUT2D eigenvalue weighted by atomic mass is 32.1. The van der Waals surface area contributed by atoms with Gasteiger partial charge in [-0.3, -0.25) is 0 Å². The molecule has 0 aliphatic carbocycles. The Labute approximate surface area is 114 Å². The molecule has 0 saturated heterocycles. The number of thiocarbonyl (C=S) groups is 1. The second-order valence-corrected chi connectivity index (χ2v) is 4.52. The molecule has 1 heterocycles. The Morgan fingerprint density at radius 2 is 2.05 bits per heavy atom. The molecule has 0 aromatic carbocycles. The van der Waals surface area contributed by atoms with Gasteiger partial charge in [-0.25, -0.2) is 9.97 Å². The lowest BCUT2D eigenvalue weighted by atomic mass is 10.2. The molecule has 0 aliphatic rings. The van der Waals surface area contributed by atoms with Gasteiger partial charge in [-0.15, -0.1) is 0 Å². The van der Waals surface area contributed by atoms with Crippen molar-refractivity contribution < 1.29 is 13.2 Å². The van der Waals surface area contributed by atoms with Crippen LogP contribution in [-0.2, 0) is 0 Å². The summed E-state index contributed by atoms with van der Waals surface area (Å²) in [5.41, 5.74) is 6.60. The highest BCUT2D eigenvalue weighted by molar-refractivity contribution is 7.80. The van der Waals surface area contributed by atoms with Crippen molar-refractivity contribution in [1.82, 2.24) is 9.97 Å². The zero-order chi connectivity index (χ0) is 14.5. The minimum absolute atomic E-state index is 0.0739. The van der Waals surface area contributed by atoms with E-state index < -0.39 is 12.6 Å². The van der Waals surface area contributed by atoms with Gasteiger partial charge in [0.1, 0.15) is 10.7 Å². The van der Waals surface area contributed by atoms with E-state index in [1.54, 1.807) is 13.0 Å². The average Bonchev–Trinajstić information content (AvgIpc) is 2.26. The Morgan fingerprint density at radius 1 is 1.37 bits per heavy atom. The van der Waals surface area contributed by atoms with Crippen LogP contribution in [0.15, 0.2) is 6.07 Å². The summed E-state index contributed by atoms with van der Waals surface area (Å²) in [4.78, 5) is 8.33. The molecule has 0 bridgehead atoms. The van der Waals surface area contributed by atoms with Crippen molar-refractivity contribution in [1.29, 1.82) is 0 Å². The van der Waals surface area contributed by atoms with Gasteiger partial charge in [0.25, 0.3) is 0 Å². The van der Waals surface area contributed by atoms with Crippen LogP contribution in [0, 0.1) is 6.92 Å². The predicted molar refractivity (Wildman–Crippen MR) is 71.1 cm³/mol. The van der Waals surface area contributed by atoms with Gasteiger partial charge in [0, 0.05) is 18.7 Å². The third-order valence-corrected chi connectivity index (χ3v) is 2.49. The number of halogens is 3. The number of aryl methyl sites for hydroxylation is 1. The normalized spacial score (nSPS) is 11.4. The molecular weight excluding hydrogens is 277 g/mol. The van der Waals surface area contributed by atoms with Gasteiger partial charge in [0.15, 0.2) is 0 Å². The fourth-order valence-corrected chi connectivity index (χ4v) is 1.53. The second-order valence-electron chi connectivity index (χ2n) is 4.08. The summed E-state index contributed by atoms with van der Waals surface area (Å²) in [6, 6.07) is 1.65. The first-order chi connectivity index (χ1) is 8.78. The van der Waals surface area contributed by atoms with Crippen LogP contribution in [0.1, 0.15) is 30.7 Å². The van der Waals surface area contributed by atoms with E-state index in [-0.39, 0.29) is 11.4 Å². The lowest BCUT2D eigenvalue weighted by Gasteiger charge is -2.08. The quantitative estimate of drug-likeness (QED) is 0.623. The number of alkyl halides is 3. The van der Waals surface area contributed by atoms with Gasteiger partial charge in [0.05, 0.1) is 0 Å². The van der Waals surface area contributed by atoms with Crippen LogP contribution in [0.3, 0.4) is 0 Å². The fraction of sp³-hybridized carbons (Fsp3) is 0.545. The summed E-state index contributed by atoms with van der Waals surface area (Å²) in [5.74, 6) is 0.329. The summed E-state index contributed by atoms with van der Waals surface area (Å²) in [5, 5.41) is 2.86. The third-order valence-electron chi connectivity index (χ3n) is 2.28. The molecule has 4 nitrogen and oxygen atoms in total. The Morgan fingerprint density at radius 3 is 2.63 bits per heavy atom. The van der Waals surface area contributed by atoms with Crippen molar-refractivity contribution in [3.8, 4) is 0 Å². The molecule has 1 aromatic rings. The summed E-state index contributed by atoms with van der Waals surface area (Å²) in [6.07, 6.45) is -4.41. The van der Waals surface area contributed by atoms with Crippen molar-refractivity contribution in [3.05, 3.63) is 17.5 Å². The molecular formula is C11H15F3N4S. The van der Waals surface area contributed by atoms with Crippen molar-refractivity contribution in [2.24, 2.45) is 5.73 Å². The van der Waals surface area contributed by atoms with Gasteiger partial charge in [-0.2, -0.15) is 13.2 Å². The molecule has 0 spiro atoms. The number of hydrogen-bond donors (Lipinski definition) is 2. The molecule has 0 unspecified atom stereocenters. The number of nitrogens with zero attached hydrogens (tertiary/aromatic N) is 2. The van der Waals surface area contributed by atoms with Gasteiger partial charge in [0.2, 0.25) is 5.95 Å². The first kappa shape index (κ1) is 15.6. The van der Waals surface area contributed by atoms with Crippen LogP contribution < -0.4 is 11.1 Å². The Balaban J connectivity index is 2.43. The number of hydrogen-bond acceptors (Lipinski definition) is 4. The molecule has 1 aromatic heterocycles. The van der Waals surface area contributed by atoms with Crippen LogP contribution in [0.2, 0.25) is 0 Å². The van der Waals surface area contributed by atoms with Crippen LogP contribution in [0.25, 0.3) is 0 Å². The average molecular weight is 292 g/mol. The van der Waals surface area contributed by atoms with Gasteiger partial charge < -0.3 is 11.1 Å². The lowest BCUT2D eigenvalue weighted by Crippen LogP contribution is -2.15. The highest BCUT2D eigenvalue weighted by Crippen LogP contribution is 2.22. The minimum atomic E-state index is -4.10. The maximum Gasteiger partial charge on any atom is 0.389 e. The zero-order valence-electron chi connectivity index (χ0n) is 10.4. The number of nitrogens with two attached hydrogens (primary N) is 1. The van der Waals surface area contributed by atoms with E-state index >= 15 is 0 Å². The monoisotopic (exact) mass is 292 g/mol. The molecule has 1 rings (SSSR count). The Bertz CT molecular complexity index is 448. The van der Waals surface area contributed by atoms with Crippen molar-refractivity contribution in [3.63, 3.8) is 0 Å². The van der Waals surface area contributed by atoms with Gasteiger partial charge in [-0.05, 0) is 25.8 Å². The standard InChI is InChI=1S/C11H15F3N4S/c1-7-6-8(9(15)19)18-10(17-7)16-5-3-2-4-11(12,13)14/h6H,2-5H2,1H3,(H2,15,19)(H,16,17,18). The molecule has 0 saturated carbocycles. The predicted octanol–water partition coefficient (Wildman–Crippen LogP) is 2.56. The molecule has 0 amide bonds. The van der Waals surface area contributed by atoms with E-state index in [4.69, 9.17) is 18.0 Å². The summed E-state index contributed by atoms with van der Waals surface area (Å²) >= 11 is 4.81. The topological polar surface area (TPSA) is 63.8 Å². The summed E-state index contributed by atoms with van der Waals surface area (Å²) in [6.45, 7) is 2.13. The van der Waals surface area contributed by atoms with Crippen LogP contribution in [0.4, 0.5) is 19.1 Å². The first-order valence-corrected chi connectivity index (χ1v) is 6.15. The number of aromatic nitrogens is 2. The van der Waals surface area contributed by atoms with Crippen molar-refractivity contribution in [2.45, 2.75) is 32.4 Å². The Hall–Kier alpha value is -1.44.